The third kappa shape index (κ3) is 2.23. The van der Waals surface area contributed by atoms with Crippen LogP contribution in [0.4, 0.5) is 0 Å². The van der Waals surface area contributed by atoms with Gasteiger partial charge in [-0.3, -0.25) is 4.99 Å². The van der Waals surface area contributed by atoms with Crippen LogP contribution in [0.5, 0.6) is 0 Å². The molecule has 3 N–H and O–H groups in total. The molecule has 0 saturated heterocycles. The van der Waals surface area contributed by atoms with Crippen LogP contribution >= 0.6 is 11.3 Å². The van der Waals surface area contributed by atoms with Gasteiger partial charge in [-0.2, -0.15) is 0 Å². The van der Waals surface area contributed by atoms with Crippen LogP contribution in [0, 0.1) is 0 Å². The van der Waals surface area contributed by atoms with Crippen molar-refractivity contribution in [3.05, 3.63) is 22.4 Å². The number of nitrogens with zero attached hydrogens (tertiary/aromatic N) is 1. The van der Waals surface area contributed by atoms with Crippen molar-refractivity contribution in [3.63, 3.8) is 0 Å². The Balaban J connectivity index is 2.55. The monoisotopic (exact) mass is 183 g/mol. The molecular weight excluding hydrogens is 170 g/mol. The van der Waals surface area contributed by atoms with Gasteiger partial charge in [0.05, 0.1) is 6.04 Å². The van der Waals surface area contributed by atoms with E-state index in [0.717, 1.165) is 0 Å². The minimum absolute atomic E-state index is 0.244. The van der Waals surface area contributed by atoms with Gasteiger partial charge in [-0.15, -0.1) is 11.3 Å². The molecule has 0 spiro atoms. The molecule has 0 unspecified atom stereocenters. The van der Waals surface area contributed by atoms with Crippen molar-refractivity contribution in [1.82, 2.24) is 5.32 Å². The van der Waals surface area contributed by atoms with Crippen molar-refractivity contribution in [2.45, 2.75) is 13.0 Å². The molecule has 0 aliphatic rings. The van der Waals surface area contributed by atoms with Crippen LogP contribution in [0.2, 0.25) is 0 Å². The fourth-order valence-electron chi connectivity index (χ4n) is 0.895. The second-order valence-corrected chi connectivity index (χ2v) is 3.47. The molecule has 1 rings (SSSR count). The minimum atomic E-state index is 0.244. The zero-order chi connectivity index (χ0) is 8.97. The molecule has 1 aromatic rings. The lowest BCUT2D eigenvalue weighted by molar-refractivity contribution is 0.725. The maximum absolute atomic E-state index is 5.52. The molecule has 0 radical (unpaired) electrons. The third-order valence-corrected chi connectivity index (χ3v) is 2.63. The number of nitrogens with one attached hydrogen (secondary N) is 1. The highest BCUT2D eigenvalue weighted by molar-refractivity contribution is 7.10. The average molecular weight is 183 g/mol. The molecule has 66 valence electrons. The molecule has 1 heterocycles. The van der Waals surface area contributed by atoms with E-state index in [0.29, 0.717) is 5.96 Å². The van der Waals surface area contributed by atoms with Gasteiger partial charge in [0.25, 0.3) is 0 Å². The van der Waals surface area contributed by atoms with Crippen molar-refractivity contribution in [3.8, 4) is 0 Å². The maximum Gasteiger partial charge on any atom is 0.188 e. The van der Waals surface area contributed by atoms with E-state index in [1.165, 1.54) is 4.88 Å². The highest BCUT2D eigenvalue weighted by atomic mass is 32.1. The van der Waals surface area contributed by atoms with Crippen LogP contribution in [0.15, 0.2) is 22.5 Å². The first-order valence-electron chi connectivity index (χ1n) is 3.76. The Morgan fingerprint density at radius 3 is 3.00 bits per heavy atom. The molecule has 0 bridgehead atoms. The van der Waals surface area contributed by atoms with Gasteiger partial charge in [-0.05, 0) is 18.4 Å². The van der Waals surface area contributed by atoms with Crippen molar-refractivity contribution < 1.29 is 0 Å². The van der Waals surface area contributed by atoms with Crippen molar-refractivity contribution in [2.75, 3.05) is 7.05 Å². The Hall–Kier alpha value is -1.03. The van der Waals surface area contributed by atoms with Crippen molar-refractivity contribution in [1.29, 1.82) is 0 Å². The first-order valence-corrected chi connectivity index (χ1v) is 4.64. The molecule has 0 aromatic carbocycles. The Morgan fingerprint density at radius 1 is 1.75 bits per heavy atom. The summed E-state index contributed by atoms with van der Waals surface area (Å²) in [5.74, 6) is 0.482. The lowest BCUT2D eigenvalue weighted by Crippen LogP contribution is -2.33. The van der Waals surface area contributed by atoms with E-state index >= 15 is 0 Å². The smallest absolute Gasteiger partial charge is 0.188 e. The van der Waals surface area contributed by atoms with E-state index in [1.807, 2.05) is 11.4 Å². The van der Waals surface area contributed by atoms with Crippen LogP contribution in [0.1, 0.15) is 17.8 Å². The fraction of sp³-hybridized carbons (Fsp3) is 0.375. The van der Waals surface area contributed by atoms with Crippen molar-refractivity contribution >= 4 is 17.3 Å². The summed E-state index contributed by atoms with van der Waals surface area (Å²) in [5.41, 5.74) is 5.52. The standard InChI is InChI=1S/C8H13N3S/c1-6(11-8(9)10-2)7-4-3-5-12-7/h3-6H,1-2H3,(H3,9,10,11)/t6-/m1/s1. The predicted molar refractivity (Wildman–Crippen MR) is 53.4 cm³/mol. The largest absolute Gasteiger partial charge is 0.370 e. The normalized spacial score (nSPS) is 14.3. The number of guanidine groups is 1. The molecule has 12 heavy (non-hydrogen) atoms. The molecule has 0 fully saturated rings. The Kier molecular flexibility index (Phi) is 3.10. The summed E-state index contributed by atoms with van der Waals surface area (Å²) in [7, 11) is 1.67. The third-order valence-electron chi connectivity index (χ3n) is 1.58. The molecular formula is C8H13N3S. The first kappa shape index (κ1) is 9.06. The number of rotatable bonds is 2. The summed E-state index contributed by atoms with van der Waals surface area (Å²) in [5, 5.41) is 5.12. The van der Waals surface area contributed by atoms with E-state index in [4.69, 9.17) is 5.73 Å². The number of thiophene rings is 1. The van der Waals surface area contributed by atoms with Gasteiger partial charge in [0, 0.05) is 11.9 Å². The highest BCUT2D eigenvalue weighted by Crippen LogP contribution is 2.17. The summed E-state index contributed by atoms with van der Waals surface area (Å²) in [6.45, 7) is 2.06. The summed E-state index contributed by atoms with van der Waals surface area (Å²) in [6.07, 6.45) is 0. The lowest BCUT2D eigenvalue weighted by atomic mass is 10.3. The fourth-order valence-corrected chi connectivity index (χ4v) is 1.63. The van der Waals surface area contributed by atoms with Crippen LogP contribution in [0.25, 0.3) is 0 Å². The number of nitrogens with two attached hydrogens (primary N) is 1. The lowest BCUT2D eigenvalue weighted by Gasteiger charge is -2.11. The predicted octanol–water partition coefficient (Wildman–Crippen LogP) is 1.34. The quantitative estimate of drug-likeness (QED) is 0.537. The second kappa shape index (κ2) is 4.11. The second-order valence-electron chi connectivity index (χ2n) is 2.49. The number of hydrogen-bond acceptors (Lipinski definition) is 2. The van der Waals surface area contributed by atoms with Crippen LogP contribution in [-0.2, 0) is 0 Å². The van der Waals surface area contributed by atoms with E-state index < -0.39 is 0 Å². The van der Waals surface area contributed by atoms with Crippen LogP contribution in [-0.4, -0.2) is 13.0 Å². The van der Waals surface area contributed by atoms with E-state index in [2.05, 4.69) is 23.3 Å². The van der Waals surface area contributed by atoms with Crippen LogP contribution < -0.4 is 11.1 Å². The van der Waals surface area contributed by atoms with Gasteiger partial charge < -0.3 is 11.1 Å². The van der Waals surface area contributed by atoms with Gasteiger partial charge in [0.15, 0.2) is 5.96 Å². The average Bonchev–Trinajstić information content (AvgIpc) is 2.56. The van der Waals surface area contributed by atoms with E-state index in [1.54, 1.807) is 18.4 Å². The molecule has 0 aliphatic heterocycles. The summed E-state index contributed by atoms with van der Waals surface area (Å²) in [6, 6.07) is 4.34. The van der Waals surface area contributed by atoms with Crippen molar-refractivity contribution in [2.24, 2.45) is 10.7 Å². The van der Waals surface area contributed by atoms with E-state index in [-0.39, 0.29) is 6.04 Å². The van der Waals surface area contributed by atoms with Gasteiger partial charge in [-0.1, -0.05) is 6.07 Å². The summed E-state index contributed by atoms with van der Waals surface area (Å²) >= 11 is 1.71. The zero-order valence-corrected chi connectivity index (χ0v) is 8.06. The Labute approximate surface area is 76.3 Å². The molecule has 1 atom stereocenters. The maximum atomic E-state index is 5.52. The first-order chi connectivity index (χ1) is 5.74. The molecule has 0 aliphatic carbocycles. The molecule has 0 amide bonds. The zero-order valence-electron chi connectivity index (χ0n) is 7.24. The van der Waals surface area contributed by atoms with Gasteiger partial charge in [-0.25, -0.2) is 0 Å². The van der Waals surface area contributed by atoms with Gasteiger partial charge in [0.2, 0.25) is 0 Å². The molecule has 1 aromatic heterocycles. The Morgan fingerprint density at radius 2 is 2.50 bits per heavy atom. The van der Waals surface area contributed by atoms with Crippen LogP contribution in [0.3, 0.4) is 0 Å². The summed E-state index contributed by atoms with van der Waals surface area (Å²) < 4.78 is 0. The minimum Gasteiger partial charge on any atom is -0.370 e. The summed E-state index contributed by atoms with van der Waals surface area (Å²) in [4.78, 5) is 5.09. The number of hydrogen-bond donors (Lipinski definition) is 2. The highest BCUT2D eigenvalue weighted by Gasteiger charge is 2.05. The topological polar surface area (TPSA) is 50.4 Å². The molecule has 4 heteroatoms. The van der Waals surface area contributed by atoms with Gasteiger partial charge in [0.1, 0.15) is 0 Å². The van der Waals surface area contributed by atoms with E-state index in [9.17, 15) is 0 Å². The Bertz CT molecular complexity index is 253. The van der Waals surface area contributed by atoms with Gasteiger partial charge >= 0.3 is 0 Å². The molecule has 0 saturated carbocycles. The SMILES string of the molecule is CN=C(N)N[C@H](C)c1cccs1. The molecule has 3 nitrogen and oxygen atoms in total. The number of aliphatic imine (C=N–C) groups is 1.